The van der Waals surface area contributed by atoms with E-state index < -0.39 is 0 Å². The second kappa shape index (κ2) is 7.83. The minimum Gasteiger partial charge on any atom is -0.497 e. The predicted molar refractivity (Wildman–Crippen MR) is 92.5 cm³/mol. The number of hydrogen-bond acceptors (Lipinski definition) is 2. The van der Waals surface area contributed by atoms with Crippen LogP contribution in [0.1, 0.15) is 17.0 Å². The number of nitrogens with one attached hydrogen (secondary N) is 1. The molecule has 112 valence electrons. The van der Waals surface area contributed by atoms with E-state index in [1.807, 2.05) is 37.4 Å². The van der Waals surface area contributed by atoms with Crippen LogP contribution in [0.25, 0.3) is 0 Å². The van der Waals surface area contributed by atoms with Crippen molar-refractivity contribution in [3.05, 3.63) is 63.1 Å². The molecule has 2 nitrogen and oxygen atoms in total. The molecule has 0 bridgehead atoms. The summed E-state index contributed by atoms with van der Waals surface area (Å²) >= 11 is 9.98. The summed E-state index contributed by atoms with van der Waals surface area (Å²) < 4.78 is 6.41. The van der Waals surface area contributed by atoms with Gasteiger partial charge in [-0.2, -0.15) is 0 Å². The van der Waals surface area contributed by atoms with E-state index in [0.717, 1.165) is 28.2 Å². The van der Waals surface area contributed by atoms with Gasteiger partial charge in [0, 0.05) is 22.0 Å². The highest BCUT2D eigenvalue weighted by atomic mass is 79.9. The first-order valence-corrected chi connectivity index (χ1v) is 8.04. The number of halogens is 2. The monoisotopic (exact) mass is 367 g/mol. The first-order valence-electron chi connectivity index (χ1n) is 6.87. The molecule has 1 atom stereocenters. The molecule has 0 amide bonds. The van der Waals surface area contributed by atoms with Gasteiger partial charge in [-0.05, 0) is 48.9 Å². The molecule has 1 N–H and O–H groups in total. The Balaban J connectivity index is 2.30. The van der Waals surface area contributed by atoms with Gasteiger partial charge in [-0.1, -0.05) is 45.7 Å². The van der Waals surface area contributed by atoms with Gasteiger partial charge in [-0.3, -0.25) is 0 Å². The fourth-order valence-corrected chi connectivity index (χ4v) is 3.14. The maximum Gasteiger partial charge on any atom is 0.119 e. The third-order valence-electron chi connectivity index (χ3n) is 3.51. The molecular weight excluding hydrogens is 350 g/mol. The van der Waals surface area contributed by atoms with Crippen LogP contribution >= 0.6 is 27.5 Å². The summed E-state index contributed by atoms with van der Waals surface area (Å²) in [6.45, 7) is 0.868. The van der Waals surface area contributed by atoms with Gasteiger partial charge in [0.25, 0.3) is 0 Å². The molecule has 0 fully saturated rings. The van der Waals surface area contributed by atoms with Crippen molar-refractivity contribution in [3.63, 3.8) is 0 Å². The van der Waals surface area contributed by atoms with Gasteiger partial charge in [0.1, 0.15) is 5.75 Å². The van der Waals surface area contributed by atoms with E-state index in [1.54, 1.807) is 7.11 Å². The van der Waals surface area contributed by atoms with Crippen LogP contribution in [0.4, 0.5) is 0 Å². The van der Waals surface area contributed by atoms with Crippen LogP contribution in [0.2, 0.25) is 5.02 Å². The standard InChI is InChI=1S/C17H19BrClNO/c1-20-11-13(15-5-3-4-6-17(15)19)9-12-10-14(21-2)7-8-16(12)18/h3-8,10,13,20H,9,11H2,1-2H3. The Morgan fingerprint density at radius 1 is 1.24 bits per heavy atom. The molecule has 0 aliphatic heterocycles. The Hall–Kier alpha value is -1.03. The van der Waals surface area contributed by atoms with Crippen molar-refractivity contribution in [3.8, 4) is 5.75 Å². The smallest absolute Gasteiger partial charge is 0.119 e. The van der Waals surface area contributed by atoms with Gasteiger partial charge in [0.15, 0.2) is 0 Å². The molecule has 4 heteroatoms. The van der Waals surface area contributed by atoms with E-state index in [-0.39, 0.29) is 0 Å². The third kappa shape index (κ3) is 4.22. The third-order valence-corrected chi connectivity index (χ3v) is 4.63. The largest absolute Gasteiger partial charge is 0.497 e. The molecule has 2 aromatic carbocycles. The van der Waals surface area contributed by atoms with E-state index in [1.165, 1.54) is 11.1 Å². The molecule has 0 aliphatic carbocycles. The summed E-state index contributed by atoms with van der Waals surface area (Å²) in [5.41, 5.74) is 2.39. The Morgan fingerprint density at radius 3 is 2.67 bits per heavy atom. The zero-order valence-electron chi connectivity index (χ0n) is 12.2. The van der Waals surface area contributed by atoms with Gasteiger partial charge in [0.05, 0.1) is 7.11 Å². The van der Waals surface area contributed by atoms with Crippen LogP contribution in [-0.4, -0.2) is 20.7 Å². The summed E-state index contributed by atoms with van der Waals surface area (Å²) in [7, 11) is 3.65. The molecule has 0 aromatic heterocycles. The Morgan fingerprint density at radius 2 is 2.00 bits per heavy atom. The predicted octanol–water partition coefficient (Wildman–Crippen LogP) is 4.66. The topological polar surface area (TPSA) is 21.3 Å². The van der Waals surface area contributed by atoms with Crippen LogP contribution in [0.3, 0.4) is 0 Å². The average Bonchev–Trinajstić information content (AvgIpc) is 2.49. The zero-order chi connectivity index (χ0) is 15.2. The molecule has 2 aromatic rings. The van der Waals surface area contributed by atoms with E-state index in [4.69, 9.17) is 16.3 Å². The van der Waals surface area contributed by atoms with Crippen molar-refractivity contribution in [2.24, 2.45) is 0 Å². The van der Waals surface area contributed by atoms with Crippen LogP contribution < -0.4 is 10.1 Å². The molecule has 0 heterocycles. The van der Waals surface area contributed by atoms with Gasteiger partial charge in [0.2, 0.25) is 0 Å². The van der Waals surface area contributed by atoms with Crippen LogP contribution in [-0.2, 0) is 6.42 Å². The first kappa shape index (κ1) is 16.3. The second-order valence-electron chi connectivity index (χ2n) is 4.94. The lowest BCUT2D eigenvalue weighted by atomic mass is 9.91. The van der Waals surface area contributed by atoms with Crippen molar-refractivity contribution >= 4 is 27.5 Å². The van der Waals surface area contributed by atoms with Gasteiger partial charge < -0.3 is 10.1 Å². The van der Waals surface area contributed by atoms with E-state index >= 15 is 0 Å². The highest BCUT2D eigenvalue weighted by molar-refractivity contribution is 9.10. The van der Waals surface area contributed by atoms with E-state index in [9.17, 15) is 0 Å². The lowest BCUT2D eigenvalue weighted by Crippen LogP contribution is -2.19. The maximum absolute atomic E-state index is 6.36. The molecule has 21 heavy (non-hydrogen) atoms. The quantitative estimate of drug-likeness (QED) is 0.801. The van der Waals surface area contributed by atoms with Crippen molar-refractivity contribution in [1.82, 2.24) is 5.32 Å². The fraction of sp³-hybridized carbons (Fsp3) is 0.294. The molecule has 1 unspecified atom stereocenters. The van der Waals surface area contributed by atoms with Crippen molar-refractivity contribution < 1.29 is 4.74 Å². The Bertz CT molecular complexity index is 603. The second-order valence-corrected chi connectivity index (χ2v) is 6.20. The van der Waals surface area contributed by atoms with E-state index in [0.29, 0.717) is 5.92 Å². The van der Waals surface area contributed by atoms with Gasteiger partial charge >= 0.3 is 0 Å². The molecule has 0 aliphatic rings. The van der Waals surface area contributed by atoms with Crippen molar-refractivity contribution in [2.75, 3.05) is 20.7 Å². The number of methoxy groups -OCH3 is 1. The van der Waals surface area contributed by atoms with Crippen LogP contribution in [0.5, 0.6) is 5.75 Å². The minimum absolute atomic E-state index is 0.312. The maximum atomic E-state index is 6.36. The Kier molecular flexibility index (Phi) is 6.09. The summed E-state index contributed by atoms with van der Waals surface area (Å²) in [6, 6.07) is 14.1. The summed E-state index contributed by atoms with van der Waals surface area (Å²) in [5.74, 6) is 1.18. The molecule has 2 rings (SSSR count). The fourth-order valence-electron chi connectivity index (χ4n) is 2.44. The van der Waals surface area contributed by atoms with Crippen LogP contribution in [0, 0.1) is 0 Å². The lowest BCUT2D eigenvalue weighted by molar-refractivity contribution is 0.414. The van der Waals surface area contributed by atoms with Gasteiger partial charge in [-0.25, -0.2) is 0 Å². The van der Waals surface area contributed by atoms with E-state index in [2.05, 4.69) is 33.4 Å². The number of ether oxygens (including phenoxy) is 1. The number of likely N-dealkylation sites (N-methyl/N-ethyl adjacent to an activating group) is 1. The SMILES string of the molecule is CNCC(Cc1cc(OC)ccc1Br)c1ccccc1Cl. The minimum atomic E-state index is 0.312. The number of benzene rings is 2. The Labute approximate surface area is 139 Å². The summed E-state index contributed by atoms with van der Waals surface area (Å²) in [5, 5.41) is 4.07. The molecule has 0 radical (unpaired) electrons. The normalized spacial score (nSPS) is 12.2. The van der Waals surface area contributed by atoms with Gasteiger partial charge in [-0.15, -0.1) is 0 Å². The molecule has 0 saturated carbocycles. The number of hydrogen-bond donors (Lipinski definition) is 1. The first-order chi connectivity index (χ1) is 10.2. The molecule has 0 spiro atoms. The highest BCUT2D eigenvalue weighted by Gasteiger charge is 2.16. The zero-order valence-corrected chi connectivity index (χ0v) is 14.5. The van der Waals surface area contributed by atoms with Crippen molar-refractivity contribution in [1.29, 1.82) is 0 Å². The number of rotatable bonds is 6. The highest BCUT2D eigenvalue weighted by Crippen LogP contribution is 2.31. The summed E-state index contributed by atoms with van der Waals surface area (Å²) in [6.07, 6.45) is 0.891. The molecule has 0 saturated heterocycles. The van der Waals surface area contributed by atoms with Crippen LogP contribution in [0.15, 0.2) is 46.9 Å². The summed E-state index contributed by atoms with van der Waals surface area (Å²) in [4.78, 5) is 0. The van der Waals surface area contributed by atoms with Crippen molar-refractivity contribution in [2.45, 2.75) is 12.3 Å². The average molecular weight is 369 g/mol. The molecular formula is C17H19BrClNO. The lowest BCUT2D eigenvalue weighted by Gasteiger charge is -2.19.